The molecule has 1 amide bonds. The second-order valence-electron chi connectivity index (χ2n) is 8.78. The predicted molar refractivity (Wildman–Crippen MR) is 142 cm³/mol. The van der Waals surface area contributed by atoms with Crippen LogP contribution in [0.15, 0.2) is 102 Å². The van der Waals surface area contributed by atoms with Crippen molar-refractivity contribution in [2.45, 2.75) is 31.8 Å². The number of aromatic nitrogens is 1. The molecule has 0 aliphatic rings. The van der Waals surface area contributed by atoms with E-state index in [-0.39, 0.29) is 10.8 Å². The van der Waals surface area contributed by atoms with E-state index in [1.807, 2.05) is 62.4 Å². The minimum absolute atomic E-state index is 0.0636. The van der Waals surface area contributed by atoms with Crippen LogP contribution in [-0.2, 0) is 23.1 Å². The van der Waals surface area contributed by atoms with Crippen LogP contribution < -0.4 is 4.31 Å². The van der Waals surface area contributed by atoms with Crippen LogP contribution >= 0.6 is 0 Å². The third-order valence-electron chi connectivity index (χ3n) is 6.14. The summed E-state index contributed by atoms with van der Waals surface area (Å²) in [5, 5.41) is 0. The topological polar surface area (TPSA) is 70.6 Å². The normalized spacial score (nSPS) is 11.2. The highest BCUT2D eigenvalue weighted by atomic mass is 32.2. The Morgan fingerprint density at radius 3 is 2.31 bits per heavy atom. The van der Waals surface area contributed by atoms with Crippen LogP contribution in [0.3, 0.4) is 0 Å². The highest BCUT2D eigenvalue weighted by Gasteiger charge is 2.24. The number of hydrogen-bond donors (Lipinski definition) is 0. The monoisotopic (exact) mass is 499 g/mol. The van der Waals surface area contributed by atoms with E-state index in [2.05, 4.69) is 4.98 Å². The van der Waals surface area contributed by atoms with E-state index in [0.29, 0.717) is 24.3 Å². The lowest BCUT2D eigenvalue weighted by atomic mass is 10.1. The number of anilines is 1. The van der Waals surface area contributed by atoms with Gasteiger partial charge in [0, 0.05) is 38.1 Å². The van der Waals surface area contributed by atoms with Crippen LogP contribution in [0.25, 0.3) is 0 Å². The Kier molecular flexibility index (Phi) is 7.50. The van der Waals surface area contributed by atoms with Crippen molar-refractivity contribution in [3.63, 3.8) is 0 Å². The van der Waals surface area contributed by atoms with Crippen molar-refractivity contribution in [1.29, 1.82) is 0 Å². The Morgan fingerprint density at radius 1 is 0.861 bits per heavy atom. The van der Waals surface area contributed by atoms with Gasteiger partial charge in [-0.3, -0.25) is 14.1 Å². The van der Waals surface area contributed by atoms with Crippen LogP contribution in [0.2, 0.25) is 0 Å². The van der Waals surface area contributed by atoms with Crippen LogP contribution in [0, 0.1) is 13.8 Å². The molecule has 0 N–H and O–H groups in total. The number of nitrogens with zero attached hydrogens (tertiary/aromatic N) is 3. The fourth-order valence-corrected chi connectivity index (χ4v) is 5.17. The minimum atomic E-state index is -3.86. The van der Waals surface area contributed by atoms with Gasteiger partial charge in [-0.05, 0) is 66.9 Å². The van der Waals surface area contributed by atoms with Crippen LogP contribution in [0.4, 0.5) is 5.69 Å². The standard InChI is InChI=1S/C29H29N3O3S/c1-22-13-15-27(16-14-22)31(3)36(34,35)28-12-6-11-25(18-28)29(33)32(20-24-9-7-17-30-19-24)21-26-10-5-4-8-23(26)2/h4-19H,20-21H2,1-3H3. The zero-order chi connectivity index (χ0) is 25.7. The Balaban J connectivity index is 1.66. The molecule has 0 radical (unpaired) electrons. The quantitative estimate of drug-likeness (QED) is 0.327. The summed E-state index contributed by atoms with van der Waals surface area (Å²) >= 11 is 0. The Labute approximate surface area is 212 Å². The molecular weight excluding hydrogens is 470 g/mol. The zero-order valence-corrected chi connectivity index (χ0v) is 21.4. The molecule has 1 aromatic heterocycles. The molecule has 0 bridgehead atoms. The number of carbonyl (C=O) groups excluding carboxylic acids is 1. The smallest absolute Gasteiger partial charge is 0.264 e. The molecule has 0 fully saturated rings. The van der Waals surface area contributed by atoms with Crippen molar-refractivity contribution in [3.05, 3.63) is 125 Å². The van der Waals surface area contributed by atoms with Crippen molar-refractivity contribution in [3.8, 4) is 0 Å². The summed E-state index contributed by atoms with van der Waals surface area (Å²) in [6, 6.07) is 25.2. The summed E-state index contributed by atoms with van der Waals surface area (Å²) in [5.41, 5.74) is 4.90. The van der Waals surface area contributed by atoms with Gasteiger partial charge in [0.25, 0.3) is 15.9 Å². The molecule has 184 valence electrons. The van der Waals surface area contributed by atoms with E-state index in [4.69, 9.17) is 0 Å². The lowest BCUT2D eigenvalue weighted by molar-refractivity contribution is 0.0729. The van der Waals surface area contributed by atoms with E-state index in [0.717, 1.165) is 22.3 Å². The van der Waals surface area contributed by atoms with Crippen LogP contribution in [0.5, 0.6) is 0 Å². The lowest BCUT2D eigenvalue weighted by Gasteiger charge is -2.25. The highest BCUT2D eigenvalue weighted by molar-refractivity contribution is 7.92. The number of pyridine rings is 1. The lowest BCUT2D eigenvalue weighted by Crippen LogP contribution is -2.31. The Bertz CT molecular complexity index is 1450. The third kappa shape index (κ3) is 5.63. The van der Waals surface area contributed by atoms with Crippen LogP contribution in [-0.4, -0.2) is 31.3 Å². The Morgan fingerprint density at radius 2 is 1.61 bits per heavy atom. The van der Waals surface area contributed by atoms with Gasteiger partial charge in [-0.2, -0.15) is 0 Å². The summed E-state index contributed by atoms with van der Waals surface area (Å²) < 4.78 is 28.0. The number of benzene rings is 3. The van der Waals surface area contributed by atoms with E-state index in [1.54, 1.807) is 41.6 Å². The molecule has 7 heteroatoms. The molecule has 0 aliphatic heterocycles. The van der Waals surface area contributed by atoms with Gasteiger partial charge in [0.2, 0.25) is 0 Å². The van der Waals surface area contributed by atoms with Gasteiger partial charge < -0.3 is 4.90 Å². The van der Waals surface area contributed by atoms with E-state index in [1.165, 1.54) is 23.5 Å². The summed E-state index contributed by atoms with van der Waals surface area (Å²) in [6.45, 7) is 4.69. The first-order valence-electron chi connectivity index (χ1n) is 11.6. The van der Waals surface area contributed by atoms with Crippen LogP contribution in [0.1, 0.15) is 32.6 Å². The molecule has 0 atom stereocenters. The molecule has 36 heavy (non-hydrogen) atoms. The van der Waals surface area contributed by atoms with Crippen molar-refractivity contribution >= 4 is 21.6 Å². The summed E-state index contributed by atoms with van der Waals surface area (Å²) in [4.78, 5) is 19.7. The fourth-order valence-electron chi connectivity index (χ4n) is 3.93. The first-order valence-corrected chi connectivity index (χ1v) is 13.1. The van der Waals surface area contributed by atoms with E-state index >= 15 is 0 Å². The number of rotatable bonds is 8. The van der Waals surface area contributed by atoms with Gasteiger partial charge in [-0.15, -0.1) is 0 Å². The zero-order valence-electron chi connectivity index (χ0n) is 20.6. The first-order chi connectivity index (χ1) is 17.3. The molecule has 0 spiro atoms. The molecule has 4 rings (SSSR count). The first kappa shape index (κ1) is 25.1. The van der Waals surface area contributed by atoms with Gasteiger partial charge in [0.15, 0.2) is 0 Å². The number of aryl methyl sites for hydroxylation is 2. The highest BCUT2D eigenvalue weighted by Crippen LogP contribution is 2.24. The number of sulfonamides is 1. The van der Waals surface area contributed by atoms with E-state index < -0.39 is 10.0 Å². The summed E-state index contributed by atoms with van der Waals surface area (Å²) in [7, 11) is -2.34. The van der Waals surface area contributed by atoms with Crippen molar-refractivity contribution in [2.75, 3.05) is 11.4 Å². The molecule has 0 unspecified atom stereocenters. The maximum Gasteiger partial charge on any atom is 0.264 e. The predicted octanol–water partition coefficient (Wildman–Crippen LogP) is 5.37. The fraction of sp³-hybridized carbons (Fsp3) is 0.172. The van der Waals surface area contributed by atoms with Crippen molar-refractivity contribution < 1.29 is 13.2 Å². The molecule has 3 aromatic carbocycles. The molecule has 4 aromatic rings. The average molecular weight is 500 g/mol. The van der Waals surface area contributed by atoms with Gasteiger partial charge in [0.05, 0.1) is 10.6 Å². The molecule has 6 nitrogen and oxygen atoms in total. The molecule has 0 saturated heterocycles. The maximum atomic E-state index is 13.7. The Hall–Kier alpha value is -3.97. The average Bonchev–Trinajstić information content (AvgIpc) is 2.90. The van der Waals surface area contributed by atoms with Gasteiger partial charge in [-0.1, -0.05) is 54.1 Å². The number of amides is 1. The second-order valence-corrected chi connectivity index (χ2v) is 10.8. The van der Waals surface area contributed by atoms with Gasteiger partial charge in [0.1, 0.15) is 0 Å². The molecule has 0 aliphatic carbocycles. The minimum Gasteiger partial charge on any atom is -0.330 e. The molecule has 1 heterocycles. The third-order valence-corrected chi connectivity index (χ3v) is 7.92. The summed E-state index contributed by atoms with van der Waals surface area (Å²) in [6.07, 6.45) is 3.42. The number of carbonyl (C=O) groups is 1. The molecular formula is C29H29N3O3S. The maximum absolute atomic E-state index is 13.7. The SMILES string of the molecule is Cc1ccc(N(C)S(=O)(=O)c2cccc(C(=O)N(Cc3cccnc3)Cc3ccccc3C)c2)cc1. The second kappa shape index (κ2) is 10.7. The summed E-state index contributed by atoms with van der Waals surface area (Å²) in [5.74, 6) is -0.253. The number of hydrogen-bond acceptors (Lipinski definition) is 4. The largest absolute Gasteiger partial charge is 0.330 e. The molecule has 0 saturated carbocycles. The van der Waals surface area contributed by atoms with Crippen molar-refractivity contribution in [2.24, 2.45) is 0 Å². The van der Waals surface area contributed by atoms with Gasteiger partial charge in [-0.25, -0.2) is 8.42 Å². The van der Waals surface area contributed by atoms with Crippen molar-refractivity contribution in [1.82, 2.24) is 9.88 Å². The van der Waals surface area contributed by atoms with Gasteiger partial charge >= 0.3 is 0 Å². The van der Waals surface area contributed by atoms with E-state index in [9.17, 15) is 13.2 Å².